The van der Waals surface area contributed by atoms with Crippen LogP contribution in [0.5, 0.6) is 0 Å². The number of nitrogens with zero attached hydrogens (tertiary/aromatic N) is 3. The van der Waals surface area contributed by atoms with Crippen LogP contribution in [0.15, 0.2) is 22.9 Å². The van der Waals surface area contributed by atoms with Gasteiger partial charge in [-0.05, 0) is 60.4 Å². The number of pyridine rings is 1. The van der Waals surface area contributed by atoms with Crippen LogP contribution in [0.1, 0.15) is 42.4 Å². The first kappa shape index (κ1) is 16.2. The first-order chi connectivity index (χ1) is 10.1. The molecule has 0 aromatic carbocycles. The van der Waals surface area contributed by atoms with Crippen LogP contribution in [0, 0.1) is 13.8 Å². The zero-order valence-electron chi connectivity index (χ0n) is 13.2. The second-order valence-electron chi connectivity index (χ2n) is 5.21. The van der Waals surface area contributed by atoms with Gasteiger partial charge in [-0.15, -0.1) is 0 Å². The van der Waals surface area contributed by atoms with Crippen molar-refractivity contribution < 1.29 is 0 Å². The standard InChI is InChI=1S/C16H23BrN4/c1-5-19-14(13-7-8-18-10-11(13)3)9-15-16(17)12(4)20-21(15)6-2/h7-8,10,14,19H,5-6,9H2,1-4H3. The van der Waals surface area contributed by atoms with E-state index in [0.717, 1.165) is 29.7 Å². The lowest BCUT2D eigenvalue weighted by atomic mass is 9.99. The minimum Gasteiger partial charge on any atom is -0.310 e. The SMILES string of the molecule is CCNC(Cc1c(Br)c(C)nn1CC)c1ccncc1C. The van der Waals surface area contributed by atoms with Gasteiger partial charge in [0.25, 0.3) is 0 Å². The summed E-state index contributed by atoms with van der Waals surface area (Å²) in [4.78, 5) is 4.20. The molecular formula is C16H23BrN4. The summed E-state index contributed by atoms with van der Waals surface area (Å²) >= 11 is 3.69. The zero-order valence-corrected chi connectivity index (χ0v) is 14.7. The summed E-state index contributed by atoms with van der Waals surface area (Å²) in [6, 6.07) is 2.38. The summed E-state index contributed by atoms with van der Waals surface area (Å²) in [6.45, 7) is 10.2. The summed E-state index contributed by atoms with van der Waals surface area (Å²) in [5.74, 6) is 0. The Morgan fingerprint density at radius 3 is 2.71 bits per heavy atom. The Hall–Kier alpha value is -1.20. The van der Waals surface area contributed by atoms with E-state index in [2.05, 4.69) is 62.8 Å². The van der Waals surface area contributed by atoms with Crippen molar-refractivity contribution in [3.8, 4) is 0 Å². The topological polar surface area (TPSA) is 42.7 Å². The van der Waals surface area contributed by atoms with Crippen molar-refractivity contribution in [1.29, 1.82) is 0 Å². The molecule has 114 valence electrons. The second kappa shape index (κ2) is 7.18. The van der Waals surface area contributed by atoms with Gasteiger partial charge in [0, 0.05) is 31.4 Å². The third-order valence-electron chi connectivity index (χ3n) is 3.74. The minimum atomic E-state index is 0.274. The summed E-state index contributed by atoms with van der Waals surface area (Å²) in [5, 5.41) is 8.17. The molecule has 1 unspecified atom stereocenters. The fourth-order valence-corrected chi connectivity index (χ4v) is 3.12. The Morgan fingerprint density at radius 2 is 2.10 bits per heavy atom. The van der Waals surface area contributed by atoms with Gasteiger partial charge in [-0.2, -0.15) is 5.10 Å². The van der Waals surface area contributed by atoms with E-state index in [4.69, 9.17) is 0 Å². The molecule has 0 saturated carbocycles. The van der Waals surface area contributed by atoms with Gasteiger partial charge >= 0.3 is 0 Å². The summed E-state index contributed by atoms with van der Waals surface area (Å²) in [6.07, 6.45) is 4.70. The highest BCUT2D eigenvalue weighted by molar-refractivity contribution is 9.10. The lowest BCUT2D eigenvalue weighted by Crippen LogP contribution is -2.25. The number of hydrogen-bond donors (Lipinski definition) is 1. The Balaban J connectivity index is 2.35. The molecule has 5 heteroatoms. The number of aromatic nitrogens is 3. The van der Waals surface area contributed by atoms with Crippen LogP contribution in [-0.2, 0) is 13.0 Å². The van der Waals surface area contributed by atoms with Crippen LogP contribution < -0.4 is 5.32 Å². The fraction of sp³-hybridized carbons (Fsp3) is 0.500. The molecule has 0 radical (unpaired) electrons. The molecule has 0 saturated heterocycles. The average molecular weight is 351 g/mol. The lowest BCUT2D eigenvalue weighted by Gasteiger charge is -2.21. The highest BCUT2D eigenvalue weighted by Crippen LogP contribution is 2.27. The molecule has 0 spiro atoms. The molecule has 2 heterocycles. The van der Waals surface area contributed by atoms with Gasteiger partial charge in [0.2, 0.25) is 0 Å². The molecule has 0 amide bonds. The summed E-state index contributed by atoms with van der Waals surface area (Å²) < 4.78 is 3.21. The van der Waals surface area contributed by atoms with E-state index < -0.39 is 0 Å². The maximum Gasteiger partial charge on any atom is 0.0738 e. The maximum atomic E-state index is 4.59. The lowest BCUT2D eigenvalue weighted by molar-refractivity contribution is 0.513. The van der Waals surface area contributed by atoms with Crippen molar-refractivity contribution in [2.24, 2.45) is 0 Å². The third-order valence-corrected chi connectivity index (χ3v) is 4.77. The molecule has 1 atom stereocenters. The van der Waals surface area contributed by atoms with Crippen molar-refractivity contribution in [3.63, 3.8) is 0 Å². The monoisotopic (exact) mass is 350 g/mol. The molecule has 0 fully saturated rings. The Morgan fingerprint density at radius 1 is 1.33 bits per heavy atom. The van der Waals surface area contributed by atoms with Crippen molar-refractivity contribution in [1.82, 2.24) is 20.1 Å². The Labute approximate surface area is 135 Å². The van der Waals surface area contributed by atoms with Crippen molar-refractivity contribution in [3.05, 3.63) is 45.4 Å². The van der Waals surface area contributed by atoms with Gasteiger partial charge < -0.3 is 5.32 Å². The molecule has 2 aromatic rings. The highest BCUT2D eigenvalue weighted by Gasteiger charge is 2.19. The molecule has 0 bridgehead atoms. The highest BCUT2D eigenvalue weighted by atomic mass is 79.9. The van der Waals surface area contributed by atoms with Gasteiger partial charge in [-0.1, -0.05) is 6.92 Å². The van der Waals surface area contributed by atoms with Gasteiger partial charge in [0.1, 0.15) is 0 Å². The Kier molecular flexibility index (Phi) is 5.53. The van der Waals surface area contributed by atoms with Gasteiger partial charge in [-0.25, -0.2) is 0 Å². The smallest absolute Gasteiger partial charge is 0.0738 e. The van der Waals surface area contributed by atoms with Crippen LogP contribution in [0.3, 0.4) is 0 Å². The summed E-state index contributed by atoms with van der Waals surface area (Å²) in [5.41, 5.74) is 4.82. The second-order valence-corrected chi connectivity index (χ2v) is 6.00. The van der Waals surface area contributed by atoms with E-state index in [1.54, 1.807) is 0 Å². The maximum absolute atomic E-state index is 4.59. The minimum absolute atomic E-state index is 0.274. The zero-order chi connectivity index (χ0) is 15.4. The molecule has 21 heavy (non-hydrogen) atoms. The molecule has 0 aliphatic carbocycles. The molecule has 0 aliphatic heterocycles. The molecule has 0 aliphatic rings. The number of likely N-dealkylation sites (N-methyl/N-ethyl adjacent to an activating group) is 1. The van der Waals surface area contributed by atoms with Crippen LogP contribution in [0.25, 0.3) is 0 Å². The van der Waals surface area contributed by atoms with Crippen molar-refractivity contribution in [2.75, 3.05) is 6.54 Å². The van der Waals surface area contributed by atoms with Crippen molar-refractivity contribution in [2.45, 2.75) is 46.7 Å². The fourth-order valence-electron chi connectivity index (χ4n) is 2.67. The first-order valence-corrected chi connectivity index (χ1v) is 8.23. The number of hydrogen-bond acceptors (Lipinski definition) is 3. The number of rotatable bonds is 6. The number of nitrogens with one attached hydrogen (secondary N) is 1. The number of aryl methyl sites for hydroxylation is 3. The van der Waals surface area contributed by atoms with E-state index in [1.165, 1.54) is 16.8 Å². The molecule has 2 aromatic heterocycles. The number of halogens is 1. The predicted octanol–water partition coefficient (Wildman–Crippen LogP) is 3.57. The molecular weight excluding hydrogens is 328 g/mol. The van der Waals surface area contributed by atoms with Gasteiger partial charge in [0.05, 0.1) is 15.9 Å². The van der Waals surface area contributed by atoms with Crippen LogP contribution in [0.4, 0.5) is 0 Å². The Bertz CT molecular complexity index is 606. The van der Waals surface area contributed by atoms with Crippen LogP contribution >= 0.6 is 15.9 Å². The molecule has 1 N–H and O–H groups in total. The van der Waals surface area contributed by atoms with Crippen LogP contribution in [-0.4, -0.2) is 21.3 Å². The normalized spacial score (nSPS) is 12.6. The van der Waals surface area contributed by atoms with Gasteiger partial charge in [0.15, 0.2) is 0 Å². The van der Waals surface area contributed by atoms with E-state index in [1.807, 2.05) is 19.3 Å². The first-order valence-electron chi connectivity index (χ1n) is 7.44. The molecule has 4 nitrogen and oxygen atoms in total. The van der Waals surface area contributed by atoms with Crippen LogP contribution in [0.2, 0.25) is 0 Å². The van der Waals surface area contributed by atoms with Gasteiger partial charge in [-0.3, -0.25) is 9.67 Å². The van der Waals surface area contributed by atoms with E-state index >= 15 is 0 Å². The van der Waals surface area contributed by atoms with Crippen molar-refractivity contribution >= 4 is 15.9 Å². The van der Waals surface area contributed by atoms with E-state index in [9.17, 15) is 0 Å². The largest absolute Gasteiger partial charge is 0.310 e. The quantitative estimate of drug-likeness (QED) is 0.865. The predicted molar refractivity (Wildman–Crippen MR) is 89.4 cm³/mol. The van der Waals surface area contributed by atoms with E-state index in [0.29, 0.717) is 0 Å². The molecule has 2 rings (SSSR count). The van der Waals surface area contributed by atoms with E-state index in [-0.39, 0.29) is 6.04 Å². The third kappa shape index (κ3) is 3.52. The summed E-state index contributed by atoms with van der Waals surface area (Å²) in [7, 11) is 0. The average Bonchev–Trinajstić information content (AvgIpc) is 2.75.